The van der Waals surface area contributed by atoms with E-state index in [4.69, 9.17) is 11.6 Å². The third-order valence-corrected chi connectivity index (χ3v) is 2.55. The normalized spacial score (nSPS) is 28.8. The molecule has 0 N–H and O–H groups in total. The molecular weight excluding hydrogens is 189 g/mol. The summed E-state index contributed by atoms with van der Waals surface area (Å²) in [6, 6.07) is 0. The Labute approximate surface area is 74.4 Å². The number of hydrogen-bond acceptors (Lipinski definition) is 0. The van der Waals surface area contributed by atoms with Crippen LogP contribution in [0.1, 0.15) is 20.3 Å². The van der Waals surface area contributed by atoms with Crippen LogP contribution in [0, 0.1) is 11.3 Å². The van der Waals surface area contributed by atoms with Crippen LogP contribution in [0.5, 0.6) is 0 Å². The van der Waals surface area contributed by atoms with E-state index in [9.17, 15) is 13.2 Å². The second-order valence-corrected chi connectivity index (χ2v) is 4.22. The Morgan fingerprint density at radius 1 is 1.50 bits per heavy atom. The zero-order valence-corrected chi connectivity index (χ0v) is 7.63. The molecule has 1 aliphatic carbocycles. The van der Waals surface area contributed by atoms with E-state index in [2.05, 4.69) is 0 Å². The molecule has 0 spiro atoms. The molecule has 0 aliphatic heterocycles. The van der Waals surface area contributed by atoms with Gasteiger partial charge in [-0.3, -0.25) is 0 Å². The SMILES string of the molecule is CC1(C)CC1C=C(Cl)C(F)(F)F. The van der Waals surface area contributed by atoms with Gasteiger partial charge in [0.15, 0.2) is 0 Å². The molecule has 4 heteroatoms. The van der Waals surface area contributed by atoms with E-state index >= 15 is 0 Å². The van der Waals surface area contributed by atoms with Gasteiger partial charge in [-0.25, -0.2) is 0 Å². The van der Waals surface area contributed by atoms with Crippen molar-refractivity contribution in [3.05, 3.63) is 11.1 Å². The van der Waals surface area contributed by atoms with E-state index in [-0.39, 0.29) is 11.3 Å². The van der Waals surface area contributed by atoms with Crippen molar-refractivity contribution in [2.45, 2.75) is 26.4 Å². The quantitative estimate of drug-likeness (QED) is 0.603. The third kappa shape index (κ3) is 2.16. The smallest absolute Gasteiger partial charge is 0.165 e. The summed E-state index contributed by atoms with van der Waals surface area (Å²) in [7, 11) is 0. The van der Waals surface area contributed by atoms with E-state index in [0.717, 1.165) is 12.5 Å². The fourth-order valence-electron chi connectivity index (χ4n) is 1.06. The van der Waals surface area contributed by atoms with Gasteiger partial charge < -0.3 is 0 Å². The number of halogens is 4. The number of hydrogen-bond donors (Lipinski definition) is 0. The second kappa shape index (κ2) is 2.66. The predicted molar refractivity (Wildman–Crippen MR) is 41.9 cm³/mol. The number of allylic oxidation sites excluding steroid dienone is 2. The molecule has 1 fully saturated rings. The van der Waals surface area contributed by atoms with Crippen molar-refractivity contribution in [2.24, 2.45) is 11.3 Å². The molecule has 1 rings (SSSR count). The van der Waals surface area contributed by atoms with Crippen molar-refractivity contribution in [3.8, 4) is 0 Å². The van der Waals surface area contributed by atoms with Gasteiger partial charge in [-0.15, -0.1) is 0 Å². The Balaban J connectivity index is 2.60. The maximum Gasteiger partial charge on any atom is 0.426 e. The second-order valence-electron chi connectivity index (χ2n) is 3.81. The molecule has 0 saturated heterocycles. The molecule has 1 atom stereocenters. The minimum atomic E-state index is -4.37. The first-order chi connectivity index (χ1) is 5.23. The number of alkyl halides is 3. The van der Waals surface area contributed by atoms with E-state index < -0.39 is 11.2 Å². The lowest BCUT2D eigenvalue weighted by Crippen LogP contribution is -2.07. The summed E-state index contributed by atoms with van der Waals surface area (Å²) in [5.41, 5.74) is 0.00535. The number of rotatable bonds is 1. The predicted octanol–water partition coefficient (Wildman–Crippen LogP) is 3.72. The van der Waals surface area contributed by atoms with Crippen molar-refractivity contribution < 1.29 is 13.2 Å². The highest BCUT2D eigenvalue weighted by Crippen LogP contribution is 2.53. The molecule has 12 heavy (non-hydrogen) atoms. The molecule has 0 radical (unpaired) electrons. The molecule has 70 valence electrons. The van der Waals surface area contributed by atoms with Crippen molar-refractivity contribution in [2.75, 3.05) is 0 Å². The van der Waals surface area contributed by atoms with Crippen LogP contribution < -0.4 is 0 Å². The van der Waals surface area contributed by atoms with Crippen LogP contribution in [0.2, 0.25) is 0 Å². The van der Waals surface area contributed by atoms with Gasteiger partial charge in [0.25, 0.3) is 0 Å². The molecule has 0 aromatic carbocycles. The Morgan fingerprint density at radius 2 is 1.92 bits per heavy atom. The third-order valence-electron chi connectivity index (χ3n) is 2.21. The van der Waals surface area contributed by atoms with Crippen LogP contribution in [-0.4, -0.2) is 6.18 Å². The van der Waals surface area contributed by atoms with Gasteiger partial charge in [0.2, 0.25) is 0 Å². The van der Waals surface area contributed by atoms with Gasteiger partial charge in [0.05, 0.1) is 0 Å². The molecule has 0 aromatic rings. The van der Waals surface area contributed by atoms with Crippen LogP contribution in [-0.2, 0) is 0 Å². The van der Waals surface area contributed by atoms with Gasteiger partial charge in [0.1, 0.15) is 5.03 Å². The molecule has 1 unspecified atom stereocenters. The molecule has 0 heterocycles. The highest BCUT2D eigenvalue weighted by Gasteiger charge is 2.46. The summed E-state index contributed by atoms with van der Waals surface area (Å²) >= 11 is 5.06. The summed E-state index contributed by atoms with van der Waals surface area (Å²) in [5.74, 6) is -0.00775. The zero-order chi connectivity index (χ0) is 9.57. The summed E-state index contributed by atoms with van der Waals surface area (Å²) in [4.78, 5) is 0. The van der Waals surface area contributed by atoms with Gasteiger partial charge in [-0.1, -0.05) is 31.5 Å². The Bertz CT molecular complexity index is 215. The summed E-state index contributed by atoms with van der Waals surface area (Å²) in [6.45, 7) is 3.85. The first-order valence-electron chi connectivity index (χ1n) is 3.68. The lowest BCUT2D eigenvalue weighted by atomic mass is 10.1. The molecule has 0 bridgehead atoms. The minimum Gasteiger partial charge on any atom is -0.165 e. The molecule has 0 nitrogen and oxygen atoms in total. The molecule has 0 amide bonds. The molecule has 0 aromatic heterocycles. The maximum atomic E-state index is 11.9. The molecular formula is C8H10ClF3. The van der Waals surface area contributed by atoms with Crippen molar-refractivity contribution in [1.82, 2.24) is 0 Å². The van der Waals surface area contributed by atoms with E-state index in [1.165, 1.54) is 0 Å². The van der Waals surface area contributed by atoms with Gasteiger partial charge in [0, 0.05) is 0 Å². The van der Waals surface area contributed by atoms with Gasteiger partial charge in [-0.05, 0) is 17.8 Å². The van der Waals surface area contributed by atoms with Crippen LogP contribution in [0.25, 0.3) is 0 Å². The van der Waals surface area contributed by atoms with E-state index in [1.54, 1.807) is 0 Å². The van der Waals surface area contributed by atoms with Gasteiger partial charge in [-0.2, -0.15) is 13.2 Å². The van der Waals surface area contributed by atoms with Crippen LogP contribution in [0.4, 0.5) is 13.2 Å². The van der Waals surface area contributed by atoms with Gasteiger partial charge >= 0.3 is 6.18 Å². The fraction of sp³-hybridized carbons (Fsp3) is 0.750. The average molecular weight is 199 g/mol. The minimum absolute atomic E-state index is 0.00535. The van der Waals surface area contributed by atoms with Crippen molar-refractivity contribution >= 4 is 11.6 Å². The lowest BCUT2D eigenvalue weighted by molar-refractivity contribution is -0.0848. The van der Waals surface area contributed by atoms with Crippen molar-refractivity contribution in [1.29, 1.82) is 0 Å². The monoisotopic (exact) mass is 198 g/mol. The summed E-state index contributed by atoms with van der Waals surface area (Å²) < 4.78 is 35.7. The molecule has 1 aliphatic rings. The highest BCUT2D eigenvalue weighted by atomic mass is 35.5. The van der Waals surface area contributed by atoms with Crippen LogP contribution in [0.15, 0.2) is 11.1 Å². The summed E-state index contributed by atoms with van der Waals surface area (Å²) in [5, 5.41) is -0.988. The fourth-order valence-corrected chi connectivity index (χ4v) is 1.22. The first-order valence-corrected chi connectivity index (χ1v) is 4.06. The highest BCUT2D eigenvalue weighted by molar-refractivity contribution is 6.30. The van der Waals surface area contributed by atoms with E-state index in [1.807, 2.05) is 13.8 Å². The Kier molecular flexibility index (Phi) is 2.19. The Hall–Kier alpha value is -0.180. The average Bonchev–Trinajstić information content (AvgIpc) is 2.36. The Morgan fingerprint density at radius 3 is 2.17 bits per heavy atom. The van der Waals surface area contributed by atoms with Crippen LogP contribution >= 0.6 is 11.6 Å². The van der Waals surface area contributed by atoms with Crippen molar-refractivity contribution in [3.63, 3.8) is 0 Å². The lowest BCUT2D eigenvalue weighted by Gasteiger charge is -2.04. The largest absolute Gasteiger partial charge is 0.426 e. The maximum absolute atomic E-state index is 11.9. The molecule has 1 saturated carbocycles. The van der Waals surface area contributed by atoms with E-state index in [0.29, 0.717) is 0 Å². The topological polar surface area (TPSA) is 0 Å². The summed E-state index contributed by atoms with van der Waals surface area (Å²) in [6.07, 6.45) is -2.47. The van der Waals surface area contributed by atoms with Crippen LogP contribution in [0.3, 0.4) is 0 Å². The first kappa shape index (κ1) is 9.90. The zero-order valence-electron chi connectivity index (χ0n) is 6.87. The standard InChI is InChI=1S/C8H10ClF3/c1-7(2)4-5(7)3-6(9)8(10,11)12/h3,5H,4H2,1-2H3.